The van der Waals surface area contributed by atoms with Crippen LogP contribution in [0.1, 0.15) is 59.3 Å². The molecule has 1 heterocycles. The monoisotopic (exact) mass is 327 g/mol. The van der Waals surface area contributed by atoms with Crippen LogP contribution in [0.15, 0.2) is 0 Å². The minimum Gasteiger partial charge on any atom is -0.480 e. The van der Waals surface area contributed by atoms with Crippen LogP contribution in [0.4, 0.5) is 4.79 Å². The van der Waals surface area contributed by atoms with Crippen molar-refractivity contribution in [3.8, 4) is 0 Å². The van der Waals surface area contributed by atoms with Gasteiger partial charge in [0.05, 0.1) is 0 Å². The van der Waals surface area contributed by atoms with Crippen molar-refractivity contribution in [1.29, 1.82) is 0 Å². The highest BCUT2D eigenvalue weighted by molar-refractivity contribution is 5.80. The lowest BCUT2D eigenvalue weighted by molar-refractivity contribution is -0.135. The fourth-order valence-electron chi connectivity index (χ4n) is 3.45. The van der Waals surface area contributed by atoms with E-state index in [4.69, 9.17) is 5.11 Å². The van der Waals surface area contributed by atoms with Crippen LogP contribution in [-0.4, -0.2) is 65.2 Å². The van der Waals surface area contributed by atoms with Gasteiger partial charge in [-0.25, -0.2) is 4.79 Å². The Kier molecular flexibility index (Phi) is 8.37. The number of hydrogen-bond donors (Lipinski definition) is 2. The quantitative estimate of drug-likeness (QED) is 0.638. The molecule has 1 fully saturated rings. The van der Waals surface area contributed by atoms with E-state index in [1.54, 1.807) is 4.90 Å². The normalized spacial score (nSPS) is 18.5. The van der Waals surface area contributed by atoms with E-state index in [0.717, 1.165) is 13.1 Å². The molecule has 23 heavy (non-hydrogen) atoms. The number of hydrogen-bond acceptors (Lipinski definition) is 3. The van der Waals surface area contributed by atoms with Crippen LogP contribution in [0.25, 0.3) is 0 Å². The second-order valence-corrected chi connectivity index (χ2v) is 6.73. The first-order valence-electron chi connectivity index (χ1n) is 8.92. The van der Waals surface area contributed by atoms with Crippen molar-refractivity contribution in [1.82, 2.24) is 15.1 Å². The molecule has 0 aromatic rings. The Balaban J connectivity index is 2.50. The molecule has 1 aliphatic heterocycles. The molecule has 6 heteroatoms. The molecule has 0 aromatic carbocycles. The first-order chi connectivity index (χ1) is 10.9. The molecular formula is C17H33N3O3. The summed E-state index contributed by atoms with van der Waals surface area (Å²) in [6, 6.07) is -0.268. The summed E-state index contributed by atoms with van der Waals surface area (Å²) in [5.41, 5.74) is 0.216. The smallest absolute Gasteiger partial charge is 0.323 e. The molecule has 134 valence electrons. The maximum absolute atomic E-state index is 11.9. The molecule has 0 aliphatic carbocycles. The van der Waals surface area contributed by atoms with Crippen molar-refractivity contribution in [2.24, 2.45) is 0 Å². The van der Waals surface area contributed by atoms with Crippen molar-refractivity contribution in [3.05, 3.63) is 0 Å². The van der Waals surface area contributed by atoms with Gasteiger partial charge in [-0.15, -0.1) is 0 Å². The Morgan fingerprint density at radius 2 is 1.70 bits per heavy atom. The molecule has 1 atom stereocenters. The molecule has 0 aromatic heterocycles. The lowest BCUT2D eigenvalue weighted by Gasteiger charge is -2.46. The van der Waals surface area contributed by atoms with E-state index in [1.165, 1.54) is 38.5 Å². The number of carboxylic acid groups (broad SMARTS) is 1. The van der Waals surface area contributed by atoms with Crippen molar-refractivity contribution >= 4 is 12.0 Å². The molecule has 1 saturated heterocycles. The van der Waals surface area contributed by atoms with Gasteiger partial charge in [0, 0.05) is 31.7 Å². The van der Waals surface area contributed by atoms with Gasteiger partial charge in [-0.2, -0.15) is 0 Å². The molecule has 0 radical (unpaired) electrons. The van der Waals surface area contributed by atoms with E-state index in [9.17, 15) is 9.59 Å². The first kappa shape index (κ1) is 19.7. The number of piperazine rings is 1. The predicted octanol–water partition coefficient (Wildman–Crippen LogP) is 2.54. The Morgan fingerprint density at radius 3 is 2.22 bits per heavy atom. The molecule has 1 rings (SSSR count). The van der Waals surface area contributed by atoms with Gasteiger partial charge in [-0.3, -0.25) is 9.69 Å². The van der Waals surface area contributed by atoms with Gasteiger partial charge in [0.1, 0.15) is 6.54 Å². The van der Waals surface area contributed by atoms with Crippen molar-refractivity contribution < 1.29 is 14.7 Å². The van der Waals surface area contributed by atoms with E-state index in [-0.39, 0.29) is 18.1 Å². The van der Waals surface area contributed by atoms with Crippen LogP contribution in [-0.2, 0) is 4.79 Å². The number of carbonyl (C=O) groups is 2. The highest BCUT2D eigenvalue weighted by Crippen LogP contribution is 2.29. The number of amides is 2. The second kappa shape index (κ2) is 9.75. The third-order valence-corrected chi connectivity index (χ3v) is 4.83. The zero-order valence-electron chi connectivity index (χ0n) is 14.9. The van der Waals surface area contributed by atoms with Gasteiger partial charge in [0.2, 0.25) is 0 Å². The third-order valence-electron chi connectivity index (χ3n) is 4.83. The van der Waals surface area contributed by atoms with Crippen molar-refractivity contribution in [2.75, 3.05) is 32.7 Å². The molecule has 2 N–H and O–H groups in total. The van der Waals surface area contributed by atoms with Gasteiger partial charge in [-0.1, -0.05) is 39.5 Å². The van der Waals surface area contributed by atoms with Crippen LogP contribution in [0.2, 0.25) is 0 Å². The Morgan fingerprint density at radius 1 is 1.04 bits per heavy atom. The summed E-state index contributed by atoms with van der Waals surface area (Å²) >= 11 is 0. The molecule has 0 saturated carbocycles. The molecule has 2 amide bonds. The van der Waals surface area contributed by atoms with E-state index < -0.39 is 5.97 Å². The van der Waals surface area contributed by atoms with E-state index >= 15 is 0 Å². The highest BCUT2D eigenvalue weighted by Gasteiger charge is 2.33. The summed E-state index contributed by atoms with van der Waals surface area (Å²) in [4.78, 5) is 26.7. The van der Waals surface area contributed by atoms with Crippen LogP contribution < -0.4 is 5.32 Å². The van der Waals surface area contributed by atoms with Crippen LogP contribution >= 0.6 is 0 Å². The second-order valence-electron chi connectivity index (χ2n) is 6.73. The lowest BCUT2D eigenvalue weighted by atomic mass is 9.87. The minimum atomic E-state index is -1.01. The summed E-state index contributed by atoms with van der Waals surface area (Å²) in [5.74, 6) is -1.01. The maximum atomic E-state index is 11.9. The number of nitrogens with one attached hydrogen (secondary N) is 1. The fourth-order valence-corrected chi connectivity index (χ4v) is 3.45. The average molecular weight is 327 g/mol. The van der Waals surface area contributed by atoms with Gasteiger partial charge in [-0.05, 0) is 19.8 Å². The average Bonchev–Trinajstić information content (AvgIpc) is 2.53. The van der Waals surface area contributed by atoms with Gasteiger partial charge >= 0.3 is 12.0 Å². The number of carbonyl (C=O) groups excluding carboxylic acids is 1. The lowest BCUT2D eigenvalue weighted by Crippen LogP contribution is -2.58. The summed E-state index contributed by atoms with van der Waals surface area (Å²) in [6.07, 6.45) is 7.33. The van der Waals surface area contributed by atoms with Crippen molar-refractivity contribution in [2.45, 2.75) is 64.8 Å². The number of rotatable bonds is 9. The molecule has 0 spiro atoms. The minimum absolute atomic E-state index is 0.216. The van der Waals surface area contributed by atoms with E-state index in [0.29, 0.717) is 13.1 Å². The Bertz CT molecular complexity index is 381. The number of unbranched alkanes of at least 4 members (excludes halogenated alkanes) is 2. The molecule has 1 unspecified atom stereocenters. The van der Waals surface area contributed by atoms with Crippen molar-refractivity contribution in [3.63, 3.8) is 0 Å². The van der Waals surface area contributed by atoms with Crippen LogP contribution in [0, 0.1) is 0 Å². The fraction of sp³-hybridized carbons (Fsp3) is 0.882. The topological polar surface area (TPSA) is 72.9 Å². The van der Waals surface area contributed by atoms with Crippen LogP contribution in [0.3, 0.4) is 0 Å². The third kappa shape index (κ3) is 6.37. The number of urea groups is 1. The van der Waals surface area contributed by atoms with Gasteiger partial charge in [0.25, 0.3) is 0 Å². The summed E-state index contributed by atoms with van der Waals surface area (Å²) in [6.45, 7) is 9.55. The number of aliphatic carboxylic acids is 1. The van der Waals surface area contributed by atoms with E-state index in [1.807, 2.05) is 0 Å². The summed E-state index contributed by atoms with van der Waals surface area (Å²) < 4.78 is 0. The SMILES string of the molecule is CCCCCC(C)(CCC)N1CCN(C(=O)NCC(=O)O)CC1. The molecule has 0 bridgehead atoms. The number of carboxylic acids is 1. The largest absolute Gasteiger partial charge is 0.480 e. The summed E-state index contributed by atoms with van der Waals surface area (Å²) in [5, 5.41) is 11.1. The zero-order valence-corrected chi connectivity index (χ0v) is 14.9. The number of nitrogens with zero attached hydrogens (tertiary/aromatic N) is 2. The highest BCUT2D eigenvalue weighted by atomic mass is 16.4. The molecule has 1 aliphatic rings. The van der Waals surface area contributed by atoms with E-state index in [2.05, 4.69) is 31.0 Å². The van der Waals surface area contributed by atoms with Gasteiger partial charge < -0.3 is 15.3 Å². The summed E-state index contributed by atoms with van der Waals surface area (Å²) in [7, 11) is 0. The van der Waals surface area contributed by atoms with Crippen LogP contribution in [0.5, 0.6) is 0 Å². The van der Waals surface area contributed by atoms with Gasteiger partial charge in [0.15, 0.2) is 0 Å². The standard InChI is InChI=1S/C17H33N3O3/c1-4-6-7-9-17(3,8-5-2)20-12-10-19(11-13-20)16(23)18-14-15(21)22/h4-14H2,1-3H3,(H,18,23)(H,21,22). The Labute approximate surface area is 140 Å². The molecular weight excluding hydrogens is 294 g/mol. The Hall–Kier alpha value is -1.30. The first-order valence-corrected chi connectivity index (χ1v) is 8.92. The predicted molar refractivity (Wildman–Crippen MR) is 91.6 cm³/mol. The molecule has 6 nitrogen and oxygen atoms in total. The zero-order chi connectivity index (χ0) is 17.3. The maximum Gasteiger partial charge on any atom is 0.323 e.